The summed E-state index contributed by atoms with van der Waals surface area (Å²) in [5, 5.41) is 115. The second kappa shape index (κ2) is 41.2. The quantitative estimate of drug-likeness (QED) is 0.0633. The van der Waals surface area contributed by atoms with E-state index in [-0.39, 0.29) is 42.8 Å². The zero-order chi connectivity index (χ0) is 102. The third-order valence-electron chi connectivity index (χ3n) is 34.6. The molecule has 5 fully saturated rings. The van der Waals surface area contributed by atoms with E-state index in [0.717, 1.165) is 257 Å². The van der Waals surface area contributed by atoms with Crippen LogP contribution in [-0.4, -0.2) is 92.0 Å². The van der Waals surface area contributed by atoms with Crippen LogP contribution in [-0.2, 0) is 44.9 Å². The Morgan fingerprint density at radius 2 is 0.565 bits per heavy atom. The maximum atomic E-state index is 10.1. The Bertz CT molecular complexity index is 7710. The van der Waals surface area contributed by atoms with Gasteiger partial charge in [0.25, 0.3) is 0 Å². The lowest BCUT2D eigenvalue weighted by Gasteiger charge is -2.33. The van der Waals surface area contributed by atoms with Crippen molar-refractivity contribution in [1.29, 1.82) is 26.3 Å². The van der Waals surface area contributed by atoms with E-state index in [9.17, 15) is 51.8 Å². The van der Waals surface area contributed by atoms with Crippen molar-refractivity contribution in [3.8, 4) is 86.0 Å². The first-order valence-electron chi connectivity index (χ1n) is 54.3. The van der Waals surface area contributed by atoms with Crippen molar-refractivity contribution < 1.29 is 27.0 Å². The molecule has 2 atom stereocenters. The van der Waals surface area contributed by atoms with Gasteiger partial charge in [-0.1, -0.05) is 107 Å². The number of aryl methyl sites for hydroxylation is 7. The molecule has 0 spiro atoms. The summed E-state index contributed by atoms with van der Waals surface area (Å²) < 4.78 is 12.0. The summed E-state index contributed by atoms with van der Waals surface area (Å²) in [5.41, 5.74) is 42.4. The van der Waals surface area contributed by atoms with Crippen LogP contribution >= 0.6 is 0 Å². The molecule has 10 aromatic carbocycles. The van der Waals surface area contributed by atoms with Gasteiger partial charge in [0.15, 0.2) is 0 Å². The van der Waals surface area contributed by atoms with Crippen LogP contribution in [0.15, 0.2) is 195 Å². The number of aliphatic hydroxyl groups excluding tert-OH is 5. The van der Waals surface area contributed by atoms with Crippen LogP contribution in [0.5, 0.6) is 0 Å². The lowest BCUT2D eigenvalue weighted by molar-refractivity contribution is 0.111. The Balaban J connectivity index is 0.000000112. The Labute approximate surface area is 866 Å². The third kappa shape index (κ3) is 19.6. The zero-order valence-electron chi connectivity index (χ0n) is 86.9. The molecule has 5 saturated carbocycles. The van der Waals surface area contributed by atoms with Gasteiger partial charge in [-0.3, -0.25) is 0 Å². The Hall–Kier alpha value is -13.7. The average molecular weight is 1950 g/mol. The summed E-state index contributed by atoms with van der Waals surface area (Å²) in [6.07, 6.45) is 39.2. The summed E-state index contributed by atoms with van der Waals surface area (Å²) >= 11 is 0. The van der Waals surface area contributed by atoms with Crippen molar-refractivity contribution in [2.24, 2.45) is 10.8 Å². The molecule has 3 aliphatic heterocycles. The number of rotatable bonds is 10. The second-order valence-corrected chi connectivity index (χ2v) is 45.9. The number of hydrogen-bond donors (Lipinski definition) is 8. The van der Waals surface area contributed by atoms with Gasteiger partial charge in [-0.05, 0) is 405 Å². The lowest BCUT2D eigenvalue weighted by atomic mass is 9.79. The van der Waals surface area contributed by atoms with Crippen molar-refractivity contribution in [1.82, 2.24) is 22.8 Å². The molecule has 752 valence electrons. The highest BCUT2D eigenvalue weighted by Gasteiger charge is 2.37. The smallest absolute Gasteiger partial charge is 0.0994 e. The fourth-order valence-corrected chi connectivity index (χ4v) is 26.4. The molecule has 8 heterocycles. The van der Waals surface area contributed by atoms with E-state index in [4.69, 9.17) is 0 Å². The molecule has 5 aromatic heterocycles. The van der Waals surface area contributed by atoms with Crippen LogP contribution in [0.2, 0.25) is 0 Å². The summed E-state index contributed by atoms with van der Waals surface area (Å²) in [5.74, 6) is 0. The first-order chi connectivity index (χ1) is 71.1. The van der Waals surface area contributed by atoms with E-state index >= 15 is 0 Å². The number of nitrogens with one attached hydrogen (secondary N) is 3. The van der Waals surface area contributed by atoms with Crippen LogP contribution < -0.4 is 16.0 Å². The number of nitriles is 5. The molecule has 0 bridgehead atoms. The number of aliphatic hydroxyl groups is 5. The summed E-state index contributed by atoms with van der Waals surface area (Å²) in [4.78, 5) is 0. The molecule has 8 N–H and O–H groups in total. The highest BCUT2D eigenvalue weighted by atomic mass is 16.3. The van der Waals surface area contributed by atoms with Crippen molar-refractivity contribution in [2.75, 3.05) is 29.0 Å². The Kier molecular flexibility index (Phi) is 27.8. The summed E-state index contributed by atoms with van der Waals surface area (Å²) in [6.45, 7) is 25.4. The molecule has 0 saturated heterocycles. The first kappa shape index (κ1) is 99.3. The first-order valence-corrected chi connectivity index (χ1v) is 54.3. The van der Waals surface area contributed by atoms with Gasteiger partial charge in [0.1, 0.15) is 0 Å². The predicted molar refractivity (Wildman–Crippen MR) is 596 cm³/mol. The molecule has 0 radical (unpaired) electrons. The van der Waals surface area contributed by atoms with Crippen LogP contribution in [0.1, 0.15) is 295 Å². The van der Waals surface area contributed by atoms with Gasteiger partial charge in [0.2, 0.25) is 0 Å². The van der Waals surface area contributed by atoms with E-state index in [1.807, 2.05) is 34.6 Å². The number of anilines is 3. The number of nitrogens with zero attached hydrogens (tertiary/aromatic N) is 10. The van der Waals surface area contributed by atoms with Gasteiger partial charge < -0.3 is 64.3 Å². The molecule has 18 heteroatoms. The zero-order valence-corrected chi connectivity index (χ0v) is 86.9. The molecular weight excluding hydrogens is 1810 g/mol. The Morgan fingerprint density at radius 1 is 0.299 bits per heavy atom. The van der Waals surface area contributed by atoms with Gasteiger partial charge in [0.05, 0.1) is 88.7 Å². The highest BCUT2D eigenvalue weighted by molar-refractivity contribution is 6.04. The molecule has 15 aromatic rings. The normalized spacial score (nSPS) is 21.9. The molecule has 0 unspecified atom stereocenters. The maximum absolute atomic E-state index is 10.1. The average Bonchev–Trinajstić information content (AvgIpc) is 1.64. The monoisotopic (exact) mass is 1950 g/mol. The predicted octanol–water partition coefficient (Wildman–Crippen LogP) is 28.5. The fourth-order valence-electron chi connectivity index (χ4n) is 26.4. The molecular formula is C129H141N13O5. The minimum Gasteiger partial charge on any atom is -0.393 e. The van der Waals surface area contributed by atoms with Crippen LogP contribution in [0.3, 0.4) is 0 Å². The van der Waals surface area contributed by atoms with E-state index in [1.165, 1.54) is 170 Å². The summed E-state index contributed by atoms with van der Waals surface area (Å²) in [7, 11) is 0. The van der Waals surface area contributed by atoms with Gasteiger partial charge in [0, 0.05) is 181 Å². The molecule has 7 aliphatic carbocycles. The minimum atomic E-state index is -0.198. The van der Waals surface area contributed by atoms with Crippen molar-refractivity contribution >= 4 is 71.6 Å². The van der Waals surface area contributed by atoms with E-state index in [2.05, 4.69) is 286 Å². The molecule has 0 amide bonds. The minimum absolute atomic E-state index is 0. The van der Waals surface area contributed by atoms with E-state index in [1.54, 1.807) is 0 Å². The Morgan fingerprint density at radius 3 is 0.857 bits per heavy atom. The van der Waals surface area contributed by atoms with E-state index in [0.29, 0.717) is 30.2 Å². The molecule has 147 heavy (non-hydrogen) atoms. The summed E-state index contributed by atoms with van der Waals surface area (Å²) in [6, 6.07) is 67.9. The number of benzene rings is 10. The third-order valence-corrected chi connectivity index (χ3v) is 34.6. The number of allylic oxidation sites excluding steroid dienone is 1. The molecule has 25 rings (SSSR count). The van der Waals surface area contributed by atoms with Crippen LogP contribution in [0.25, 0.3) is 110 Å². The number of hydrogen-bond acceptors (Lipinski definition) is 13. The van der Waals surface area contributed by atoms with Crippen molar-refractivity contribution in [2.45, 2.75) is 309 Å². The maximum Gasteiger partial charge on any atom is 0.0994 e. The topological polar surface area (TPSA) is 281 Å². The van der Waals surface area contributed by atoms with Crippen molar-refractivity contribution in [3.05, 3.63) is 289 Å². The largest absolute Gasteiger partial charge is 0.393 e. The van der Waals surface area contributed by atoms with Crippen LogP contribution in [0, 0.1) is 102 Å². The number of fused-ring (bicyclic) bond motifs is 10. The lowest BCUT2D eigenvalue weighted by Crippen LogP contribution is -2.30. The molecule has 18 nitrogen and oxygen atoms in total. The fraction of sp³-hybridized carbons (Fsp3) is 0.403. The van der Waals surface area contributed by atoms with Crippen molar-refractivity contribution in [3.63, 3.8) is 0 Å². The SMILES string of the molecule is C=C1CCc2c(cccc2-c2cn(C3CCC(O)CC3)c3cc(C)c(C#N)cc23)N1.Cc1cc2c(cc1C#N)c(-c1cccc3c1CC(C)(C)CN3)cn2C1CCC(O)CC1.Cc1cc2c(cc1C#N)c(-c1cccc3c1CC(C)(C)CN3)cn2C1CCC(O)CC1.Cc1cc2c(cc1C#N)c(-c1cccc3c1CCC3)cn2C1CCC(O)CC1.Cc1cc2c(cc1C#N)c(-c1cccc3c1CCC3)cn2[C@@H]1CC[C@@H](O)C1.[HH]. The number of aromatic nitrogens is 5. The van der Waals surface area contributed by atoms with Gasteiger partial charge in [-0.2, -0.15) is 26.3 Å². The standard InChI is InChI=1S/2C27H31N3O.C26H27N3O.C25H26N2O.C24H24N2O.H2/c2*1-17-11-26-22(12-18(17)14-28)24(15-30(26)19-7-9-20(31)10-8-19)21-5-4-6-25-23(21)13-27(2,3)16-29-25;1-16-12-26-23(13-18(16)14-27)24(15-29(26)19-7-9-20(30)10-8-19)21-4-3-5-25-22(21)11-6-17(2)28-25;1-16-12-25-23(13-18(16)14-26)24(15-27(25)19-8-10-20(28)11-9-19)22-7-3-5-17-4-2-6-21(17)22;1-15-10-24-22(11-17(15)13-25)23(14-26(24)18-8-9-19(27)12-18)21-7-3-5-16-4-2-6-20(16)21;/h2*4-6,11-12,15,19-20,29,31H,7-10,13,16H2,1-3H3;3-5,12-13,15,19-20,28,30H,2,6-11H2,1H3;3,5,7,12-13,15,19-20,28H,2,4,6,8-11H2,1H3;3,5,7,10-11,14,18-19,27H,2,4,6,8-9,12H2,1H3;1H/t;;;;18-,19-;/m....1./s1. The highest BCUT2D eigenvalue weighted by Crippen LogP contribution is 2.52. The van der Waals surface area contributed by atoms with Gasteiger partial charge >= 0.3 is 0 Å². The second-order valence-electron chi connectivity index (χ2n) is 45.9. The van der Waals surface area contributed by atoms with Crippen LogP contribution in [0.4, 0.5) is 17.1 Å². The van der Waals surface area contributed by atoms with Gasteiger partial charge in [-0.15, -0.1) is 0 Å². The van der Waals surface area contributed by atoms with Gasteiger partial charge in [-0.25, -0.2) is 0 Å². The molecule has 10 aliphatic rings. The van der Waals surface area contributed by atoms with E-state index < -0.39 is 0 Å².